The van der Waals surface area contributed by atoms with Crippen LogP contribution in [0.25, 0.3) is 0 Å². The maximum Gasteiger partial charge on any atom is 0.410 e. The van der Waals surface area contributed by atoms with E-state index in [1.54, 1.807) is 11.8 Å². The molecule has 0 aromatic rings. The molecule has 2 heterocycles. The van der Waals surface area contributed by atoms with Crippen LogP contribution in [0.5, 0.6) is 0 Å². The van der Waals surface area contributed by atoms with Crippen LogP contribution >= 0.6 is 0 Å². The lowest BCUT2D eigenvalue weighted by Crippen LogP contribution is -2.37. The van der Waals surface area contributed by atoms with Gasteiger partial charge in [0.15, 0.2) is 5.76 Å². The topological polar surface area (TPSA) is 96.4 Å². The van der Waals surface area contributed by atoms with Crippen molar-refractivity contribution in [3.05, 3.63) is 11.3 Å². The van der Waals surface area contributed by atoms with Crippen LogP contribution in [-0.4, -0.2) is 71.3 Å². The van der Waals surface area contributed by atoms with Gasteiger partial charge < -0.3 is 24.4 Å². The number of nitrogens with zero attached hydrogens (tertiary/aromatic N) is 2. The number of esters is 1. The van der Waals surface area contributed by atoms with Gasteiger partial charge in [0.05, 0.1) is 13.2 Å². The highest BCUT2D eigenvalue weighted by molar-refractivity contribution is 6.05. The van der Waals surface area contributed by atoms with E-state index < -0.39 is 23.2 Å². The van der Waals surface area contributed by atoms with Crippen LogP contribution in [-0.2, 0) is 19.1 Å². The summed E-state index contributed by atoms with van der Waals surface area (Å²) in [6.07, 6.45) is 0.370. The number of carbonyl (C=O) groups excluding carboxylic acids is 3. The van der Waals surface area contributed by atoms with Gasteiger partial charge >= 0.3 is 12.1 Å². The zero-order valence-electron chi connectivity index (χ0n) is 15.2. The highest BCUT2D eigenvalue weighted by atomic mass is 16.6. The van der Waals surface area contributed by atoms with E-state index in [0.29, 0.717) is 19.6 Å². The molecule has 8 nitrogen and oxygen atoms in total. The van der Waals surface area contributed by atoms with Crippen molar-refractivity contribution < 1.29 is 29.0 Å². The smallest absolute Gasteiger partial charge is 0.410 e. The summed E-state index contributed by atoms with van der Waals surface area (Å²) >= 11 is 0. The average molecular weight is 354 g/mol. The molecule has 25 heavy (non-hydrogen) atoms. The van der Waals surface area contributed by atoms with E-state index in [9.17, 15) is 19.5 Å². The van der Waals surface area contributed by atoms with E-state index in [4.69, 9.17) is 9.47 Å². The number of aliphatic hydroxyl groups excluding tert-OH is 1. The fourth-order valence-corrected chi connectivity index (χ4v) is 2.93. The molecule has 0 aromatic carbocycles. The van der Waals surface area contributed by atoms with Crippen LogP contribution in [0.3, 0.4) is 0 Å². The van der Waals surface area contributed by atoms with Gasteiger partial charge in [0.25, 0.3) is 5.91 Å². The van der Waals surface area contributed by atoms with Crippen LogP contribution in [0.1, 0.15) is 34.1 Å². The first-order valence-corrected chi connectivity index (χ1v) is 8.48. The number of ether oxygens (including phenoxy) is 2. The van der Waals surface area contributed by atoms with Crippen molar-refractivity contribution in [2.75, 3.05) is 32.8 Å². The molecule has 2 aliphatic rings. The molecule has 1 unspecified atom stereocenters. The normalized spacial score (nSPS) is 21.1. The summed E-state index contributed by atoms with van der Waals surface area (Å²) < 4.78 is 10.2. The molecule has 1 N–H and O–H groups in total. The summed E-state index contributed by atoms with van der Waals surface area (Å²) in [5, 5.41) is 9.87. The minimum atomic E-state index is -0.669. The lowest BCUT2D eigenvalue weighted by molar-refractivity contribution is -0.138. The summed E-state index contributed by atoms with van der Waals surface area (Å²) in [4.78, 5) is 39.0. The minimum absolute atomic E-state index is 0.00570. The first-order valence-electron chi connectivity index (χ1n) is 8.48. The van der Waals surface area contributed by atoms with Crippen molar-refractivity contribution >= 4 is 18.0 Å². The monoisotopic (exact) mass is 354 g/mol. The van der Waals surface area contributed by atoms with Crippen molar-refractivity contribution in [1.29, 1.82) is 0 Å². The van der Waals surface area contributed by atoms with Gasteiger partial charge in [-0.3, -0.25) is 4.79 Å². The number of hydrogen-bond acceptors (Lipinski definition) is 6. The summed E-state index contributed by atoms with van der Waals surface area (Å²) in [6.45, 7) is 8.72. The van der Waals surface area contributed by atoms with Gasteiger partial charge in [-0.25, -0.2) is 9.59 Å². The second kappa shape index (κ2) is 7.33. The van der Waals surface area contributed by atoms with Gasteiger partial charge in [-0.1, -0.05) is 0 Å². The van der Waals surface area contributed by atoms with Crippen LogP contribution in [0, 0.1) is 5.92 Å². The summed E-state index contributed by atoms with van der Waals surface area (Å²) in [7, 11) is 0. The molecule has 8 heteroatoms. The van der Waals surface area contributed by atoms with Gasteiger partial charge in [0, 0.05) is 19.6 Å². The molecule has 0 spiro atoms. The minimum Gasteiger partial charge on any atom is -0.503 e. The van der Waals surface area contributed by atoms with Crippen molar-refractivity contribution in [2.45, 2.75) is 39.7 Å². The standard InChI is InChI=1S/C17H26N2O6/c1-5-24-15(22)12-10-19(14(21)13(12)20)9-11-6-7-18(8-11)16(23)25-17(2,3)4/h11,20H,5-10H2,1-4H3. The molecule has 140 valence electrons. The number of amides is 2. The second-order valence-corrected chi connectivity index (χ2v) is 7.31. The number of carbonyl (C=O) groups is 3. The second-order valence-electron chi connectivity index (χ2n) is 7.31. The SMILES string of the molecule is CCOC(=O)C1=C(O)C(=O)N(CC2CCN(C(=O)OC(C)(C)C)C2)C1. The Kier molecular flexibility index (Phi) is 5.59. The molecule has 1 fully saturated rings. The molecule has 2 amide bonds. The lowest BCUT2D eigenvalue weighted by atomic mass is 10.1. The Balaban J connectivity index is 1.89. The highest BCUT2D eigenvalue weighted by Gasteiger charge is 2.38. The van der Waals surface area contributed by atoms with E-state index in [1.165, 1.54) is 4.90 Å². The summed E-state index contributed by atoms with van der Waals surface area (Å²) in [5.74, 6) is -1.71. The van der Waals surface area contributed by atoms with E-state index in [1.807, 2.05) is 20.8 Å². The van der Waals surface area contributed by atoms with Crippen molar-refractivity contribution in [2.24, 2.45) is 5.92 Å². The van der Waals surface area contributed by atoms with Crippen LogP contribution in [0.15, 0.2) is 11.3 Å². The Morgan fingerprint density at radius 1 is 1.32 bits per heavy atom. The van der Waals surface area contributed by atoms with Crippen molar-refractivity contribution in [1.82, 2.24) is 9.80 Å². The molecule has 1 atom stereocenters. The zero-order valence-corrected chi connectivity index (χ0v) is 15.2. The van der Waals surface area contributed by atoms with Gasteiger partial charge in [-0.15, -0.1) is 0 Å². The quantitative estimate of drug-likeness (QED) is 0.768. The van der Waals surface area contributed by atoms with E-state index in [-0.39, 0.29) is 30.7 Å². The fourth-order valence-electron chi connectivity index (χ4n) is 2.93. The van der Waals surface area contributed by atoms with Gasteiger partial charge in [0.1, 0.15) is 11.2 Å². The molecular weight excluding hydrogens is 328 g/mol. The summed E-state index contributed by atoms with van der Waals surface area (Å²) in [5.41, 5.74) is -0.557. The molecule has 0 saturated carbocycles. The molecule has 2 rings (SSSR count). The Labute approximate surface area is 147 Å². The van der Waals surface area contributed by atoms with E-state index in [0.717, 1.165) is 6.42 Å². The number of likely N-dealkylation sites (tertiary alicyclic amines) is 1. The Hall–Kier alpha value is -2.25. The molecule has 2 aliphatic heterocycles. The zero-order chi connectivity index (χ0) is 18.8. The predicted octanol–water partition coefficient (Wildman–Crippen LogP) is 1.46. The third kappa shape index (κ3) is 4.64. The highest BCUT2D eigenvalue weighted by Crippen LogP contribution is 2.24. The molecule has 1 saturated heterocycles. The van der Waals surface area contributed by atoms with Crippen molar-refractivity contribution in [3.63, 3.8) is 0 Å². The number of hydrogen-bond donors (Lipinski definition) is 1. The Morgan fingerprint density at radius 2 is 2.00 bits per heavy atom. The third-order valence-corrected chi connectivity index (χ3v) is 4.06. The Bertz CT molecular complexity index is 592. The predicted molar refractivity (Wildman–Crippen MR) is 88.8 cm³/mol. The third-order valence-electron chi connectivity index (χ3n) is 4.06. The van der Waals surface area contributed by atoms with E-state index in [2.05, 4.69) is 0 Å². The summed E-state index contributed by atoms with van der Waals surface area (Å²) in [6, 6.07) is 0. The Morgan fingerprint density at radius 3 is 2.60 bits per heavy atom. The maximum absolute atomic E-state index is 12.1. The first-order chi connectivity index (χ1) is 11.6. The van der Waals surface area contributed by atoms with Gasteiger partial charge in [-0.2, -0.15) is 0 Å². The molecule has 0 aliphatic carbocycles. The number of aliphatic hydroxyl groups is 1. The maximum atomic E-state index is 12.1. The molecule has 0 aromatic heterocycles. The molecule has 0 bridgehead atoms. The van der Waals surface area contributed by atoms with Gasteiger partial charge in [0.2, 0.25) is 0 Å². The molecular formula is C17H26N2O6. The molecule has 0 radical (unpaired) electrons. The number of rotatable bonds is 4. The fraction of sp³-hybridized carbons (Fsp3) is 0.706. The lowest BCUT2D eigenvalue weighted by Gasteiger charge is -2.25. The first kappa shape index (κ1) is 19.1. The van der Waals surface area contributed by atoms with Crippen LogP contribution in [0.2, 0.25) is 0 Å². The van der Waals surface area contributed by atoms with E-state index >= 15 is 0 Å². The van der Waals surface area contributed by atoms with Crippen LogP contribution < -0.4 is 0 Å². The van der Waals surface area contributed by atoms with Crippen molar-refractivity contribution in [3.8, 4) is 0 Å². The largest absolute Gasteiger partial charge is 0.503 e. The van der Waals surface area contributed by atoms with Crippen LogP contribution in [0.4, 0.5) is 4.79 Å². The van der Waals surface area contributed by atoms with Gasteiger partial charge in [-0.05, 0) is 40.0 Å². The average Bonchev–Trinajstić information content (AvgIpc) is 3.06.